The molecule has 0 aliphatic heterocycles. The van der Waals surface area contributed by atoms with Gasteiger partial charge in [0.15, 0.2) is 0 Å². The van der Waals surface area contributed by atoms with E-state index in [9.17, 15) is 13.6 Å². The zero-order chi connectivity index (χ0) is 14.7. The van der Waals surface area contributed by atoms with Crippen LogP contribution in [0.3, 0.4) is 0 Å². The van der Waals surface area contributed by atoms with Gasteiger partial charge in [0.2, 0.25) is 0 Å². The van der Waals surface area contributed by atoms with Gasteiger partial charge in [0.25, 0.3) is 11.7 Å². The van der Waals surface area contributed by atoms with Gasteiger partial charge in [-0.15, -0.1) is 0 Å². The molecule has 2 aromatic rings. The van der Waals surface area contributed by atoms with E-state index in [1.807, 2.05) is 0 Å². The Kier molecular flexibility index (Phi) is 4.44. The van der Waals surface area contributed by atoms with E-state index in [1.165, 1.54) is 0 Å². The highest BCUT2D eigenvalue weighted by Gasteiger charge is 2.16. The maximum Gasteiger partial charge on any atom is 0.288 e. The normalized spacial score (nSPS) is 10.8. The fourth-order valence-corrected chi connectivity index (χ4v) is 2.41. The monoisotopic (exact) mass is 297 g/mol. The summed E-state index contributed by atoms with van der Waals surface area (Å²) in [5.74, 6) is -1.78. The van der Waals surface area contributed by atoms with Crippen molar-refractivity contribution >= 4 is 23.4 Å². The van der Waals surface area contributed by atoms with Crippen molar-refractivity contribution in [3.63, 3.8) is 0 Å². The topological polar surface area (TPSA) is 42.2 Å². The number of nitrogens with one attached hydrogen (secondary N) is 1. The molecule has 2 rings (SSSR count). The third kappa shape index (κ3) is 3.39. The first-order valence-electron chi connectivity index (χ1n) is 5.89. The Morgan fingerprint density at radius 3 is 2.60 bits per heavy atom. The number of halogens is 2. The first-order chi connectivity index (χ1) is 9.47. The predicted molar refractivity (Wildman–Crippen MR) is 74.4 cm³/mol. The Morgan fingerprint density at radius 1 is 1.30 bits per heavy atom. The van der Waals surface area contributed by atoms with Gasteiger partial charge in [0, 0.05) is 4.90 Å². The molecule has 1 heterocycles. The van der Waals surface area contributed by atoms with Crippen LogP contribution in [0.15, 0.2) is 39.6 Å². The van der Waals surface area contributed by atoms with E-state index in [0.717, 1.165) is 0 Å². The second kappa shape index (κ2) is 6.09. The average Bonchev–Trinajstić information content (AvgIpc) is 2.70. The number of amides is 1. The Hall–Kier alpha value is -1.82. The van der Waals surface area contributed by atoms with Crippen LogP contribution in [0.25, 0.3) is 0 Å². The number of carbonyl (C=O) groups excluding carboxylic acids is 1. The molecule has 0 spiro atoms. The predicted octanol–water partition coefficient (Wildman–Crippen LogP) is 4.46. The highest BCUT2D eigenvalue weighted by molar-refractivity contribution is 7.99. The van der Waals surface area contributed by atoms with Crippen LogP contribution in [-0.2, 0) is 0 Å². The molecule has 0 saturated carbocycles. The maximum atomic E-state index is 12.5. The molecule has 106 valence electrons. The van der Waals surface area contributed by atoms with Crippen LogP contribution in [0.4, 0.5) is 14.5 Å². The van der Waals surface area contributed by atoms with Crippen molar-refractivity contribution in [3.05, 3.63) is 47.4 Å². The molecular formula is C14H13F2NO2S. The molecule has 3 nitrogen and oxygen atoms in total. The van der Waals surface area contributed by atoms with Crippen LogP contribution in [0.1, 0.15) is 21.9 Å². The summed E-state index contributed by atoms with van der Waals surface area (Å²) in [4.78, 5) is 12.4. The number of hydrogen-bond acceptors (Lipinski definition) is 3. The van der Waals surface area contributed by atoms with Gasteiger partial charge in [0.1, 0.15) is 11.5 Å². The highest BCUT2D eigenvalue weighted by Crippen LogP contribution is 2.32. The highest BCUT2D eigenvalue weighted by atomic mass is 32.2. The molecule has 0 fully saturated rings. The quantitative estimate of drug-likeness (QED) is 0.847. The van der Waals surface area contributed by atoms with E-state index in [4.69, 9.17) is 4.42 Å². The molecule has 0 saturated heterocycles. The Labute approximate surface area is 119 Å². The minimum atomic E-state index is -2.54. The molecule has 6 heteroatoms. The zero-order valence-corrected chi connectivity index (χ0v) is 11.8. The minimum absolute atomic E-state index is 0.328. The number of hydrogen-bond donors (Lipinski definition) is 1. The number of aryl methyl sites for hydroxylation is 2. The van der Waals surface area contributed by atoms with Gasteiger partial charge in [0.05, 0.1) is 11.3 Å². The third-order valence-corrected chi connectivity index (χ3v) is 3.43. The molecule has 20 heavy (non-hydrogen) atoms. The van der Waals surface area contributed by atoms with Crippen LogP contribution >= 0.6 is 11.8 Å². The number of carbonyl (C=O) groups is 1. The van der Waals surface area contributed by atoms with Gasteiger partial charge >= 0.3 is 0 Å². The summed E-state index contributed by atoms with van der Waals surface area (Å²) in [6.45, 7) is 3.42. The van der Waals surface area contributed by atoms with Gasteiger partial charge in [-0.2, -0.15) is 8.78 Å². The molecular weight excluding hydrogens is 284 g/mol. The van der Waals surface area contributed by atoms with Gasteiger partial charge < -0.3 is 9.73 Å². The van der Waals surface area contributed by atoms with E-state index in [-0.39, 0.29) is 5.91 Å². The van der Waals surface area contributed by atoms with Crippen molar-refractivity contribution in [3.8, 4) is 0 Å². The molecule has 0 radical (unpaired) electrons. The van der Waals surface area contributed by atoms with Crippen LogP contribution in [0.5, 0.6) is 0 Å². The Morgan fingerprint density at radius 2 is 2.00 bits per heavy atom. The SMILES string of the molecule is Cc1cc(C(=O)Nc2ccccc2SC(F)F)c(C)o1. The van der Waals surface area contributed by atoms with E-state index in [0.29, 0.717) is 39.4 Å². The smallest absolute Gasteiger partial charge is 0.288 e. The second-order valence-corrected chi connectivity index (χ2v) is 5.19. The van der Waals surface area contributed by atoms with Crippen molar-refractivity contribution in [1.29, 1.82) is 0 Å². The number of alkyl halides is 2. The van der Waals surface area contributed by atoms with Crippen LogP contribution in [0, 0.1) is 13.8 Å². The lowest BCUT2D eigenvalue weighted by Crippen LogP contribution is -2.12. The number of rotatable bonds is 4. The lowest BCUT2D eigenvalue weighted by atomic mass is 10.2. The first kappa shape index (κ1) is 14.6. The maximum absolute atomic E-state index is 12.5. The fraction of sp³-hybridized carbons (Fsp3) is 0.214. The standard InChI is InChI=1S/C14H13F2NO2S/c1-8-7-10(9(2)19-8)13(18)17-11-5-3-4-6-12(11)20-14(15)16/h3-7,14H,1-2H3,(H,17,18). The number of benzene rings is 1. The second-order valence-electron chi connectivity index (χ2n) is 4.16. The minimum Gasteiger partial charge on any atom is -0.466 e. The Balaban J connectivity index is 2.22. The summed E-state index contributed by atoms with van der Waals surface area (Å²) < 4.78 is 30.2. The summed E-state index contributed by atoms with van der Waals surface area (Å²) in [5, 5.41) is 2.63. The van der Waals surface area contributed by atoms with Crippen molar-refractivity contribution < 1.29 is 18.0 Å². The van der Waals surface area contributed by atoms with E-state index in [2.05, 4.69) is 5.32 Å². The van der Waals surface area contributed by atoms with Crippen LogP contribution in [0.2, 0.25) is 0 Å². The summed E-state index contributed by atoms with van der Waals surface area (Å²) in [7, 11) is 0. The van der Waals surface area contributed by atoms with Crippen molar-refractivity contribution in [2.75, 3.05) is 5.32 Å². The van der Waals surface area contributed by atoms with Crippen LogP contribution in [-0.4, -0.2) is 11.7 Å². The van der Waals surface area contributed by atoms with Crippen LogP contribution < -0.4 is 5.32 Å². The molecule has 0 unspecified atom stereocenters. The number of furan rings is 1. The molecule has 0 atom stereocenters. The molecule has 0 bridgehead atoms. The summed E-state index contributed by atoms with van der Waals surface area (Å²) in [6.07, 6.45) is 0. The van der Waals surface area contributed by atoms with Crippen molar-refractivity contribution in [2.24, 2.45) is 0 Å². The molecule has 1 aromatic heterocycles. The molecule has 0 aliphatic carbocycles. The summed E-state index contributed by atoms with van der Waals surface area (Å²) in [6, 6.07) is 8.07. The summed E-state index contributed by atoms with van der Waals surface area (Å²) in [5.41, 5.74) is 0.764. The van der Waals surface area contributed by atoms with Gasteiger partial charge in [-0.05, 0) is 32.0 Å². The third-order valence-electron chi connectivity index (χ3n) is 2.64. The van der Waals surface area contributed by atoms with Crippen molar-refractivity contribution in [1.82, 2.24) is 0 Å². The molecule has 1 amide bonds. The largest absolute Gasteiger partial charge is 0.466 e. The zero-order valence-electron chi connectivity index (χ0n) is 10.9. The number of anilines is 1. The Bertz CT molecular complexity index is 625. The first-order valence-corrected chi connectivity index (χ1v) is 6.77. The number of para-hydroxylation sites is 1. The van der Waals surface area contributed by atoms with E-state index >= 15 is 0 Å². The van der Waals surface area contributed by atoms with Gasteiger partial charge in [-0.25, -0.2) is 0 Å². The lowest BCUT2D eigenvalue weighted by molar-refractivity contribution is 0.102. The lowest BCUT2D eigenvalue weighted by Gasteiger charge is -2.09. The van der Waals surface area contributed by atoms with E-state index < -0.39 is 5.76 Å². The number of thioether (sulfide) groups is 1. The van der Waals surface area contributed by atoms with E-state index in [1.54, 1.807) is 44.2 Å². The molecule has 1 aromatic carbocycles. The van der Waals surface area contributed by atoms with Gasteiger partial charge in [-0.1, -0.05) is 23.9 Å². The molecule has 1 N–H and O–H groups in total. The van der Waals surface area contributed by atoms with Crippen molar-refractivity contribution in [2.45, 2.75) is 24.5 Å². The van der Waals surface area contributed by atoms with Gasteiger partial charge in [-0.3, -0.25) is 4.79 Å². The average molecular weight is 297 g/mol. The fourth-order valence-electron chi connectivity index (χ4n) is 1.81. The summed E-state index contributed by atoms with van der Waals surface area (Å²) >= 11 is 0.400. The molecule has 0 aliphatic rings.